The SMILES string of the molecule is CC1(C)C(N)CC[C@@]2(C)C1CC[C@]1(C)C2C(=O)C=C2C3C[C@@](C)(C=O)CC[C@]3(C)CC[C@]21C. The van der Waals surface area contributed by atoms with Crippen molar-refractivity contribution in [2.75, 3.05) is 0 Å². The van der Waals surface area contributed by atoms with Crippen LogP contribution in [0.25, 0.3) is 0 Å². The average Bonchev–Trinajstić information content (AvgIpc) is 2.74. The first-order chi connectivity index (χ1) is 15.2. The maximum atomic E-state index is 14.2. The number of carbonyl (C=O) groups is 2. The monoisotopic (exact) mass is 453 g/mol. The largest absolute Gasteiger partial charge is 0.327 e. The molecule has 0 bridgehead atoms. The minimum absolute atomic E-state index is 0.0130. The molecule has 3 heteroatoms. The molecule has 0 aromatic heterocycles. The molecular weight excluding hydrogens is 406 g/mol. The predicted molar refractivity (Wildman–Crippen MR) is 133 cm³/mol. The van der Waals surface area contributed by atoms with Crippen LogP contribution in [-0.2, 0) is 9.59 Å². The van der Waals surface area contributed by atoms with Crippen molar-refractivity contribution in [3.63, 3.8) is 0 Å². The molecular formula is C30H47NO2. The van der Waals surface area contributed by atoms with Gasteiger partial charge in [-0.25, -0.2) is 0 Å². The van der Waals surface area contributed by atoms with Gasteiger partial charge in [0.1, 0.15) is 6.29 Å². The summed E-state index contributed by atoms with van der Waals surface area (Å²) in [5, 5.41) is 0. The molecule has 0 heterocycles. The zero-order valence-electron chi connectivity index (χ0n) is 22.2. The summed E-state index contributed by atoms with van der Waals surface area (Å²) in [5.41, 5.74) is 8.12. The maximum absolute atomic E-state index is 14.2. The van der Waals surface area contributed by atoms with E-state index in [1.54, 1.807) is 0 Å². The van der Waals surface area contributed by atoms with Crippen LogP contribution in [-0.4, -0.2) is 18.1 Å². The van der Waals surface area contributed by atoms with Crippen LogP contribution in [0.3, 0.4) is 0 Å². The molecule has 5 aliphatic carbocycles. The van der Waals surface area contributed by atoms with Gasteiger partial charge in [0.15, 0.2) is 5.78 Å². The third kappa shape index (κ3) is 2.84. The molecule has 0 radical (unpaired) electrons. The Morgan fingerprint density at radius 1 is 0.909 bits per heavy atom. The number of nitrogens with two attached hydrogens (primary N) is 1. The van der Waals surface area contributed by atoms with Crippen molar-refractivity contribution in [2.45, 2.75) is 112 Å². The van der Waals surface area contributed by atoms with Gasteiger partial charge in [-0.2, -0.15) is 0 Å². The van der Waals surface area contributed by atoms with E-state index in [9.17, 15) is 9.59 Å². The minimum Gasteiger partial charge on any atom is -0.327 e. The van der Waals surface area contributed by atoms with E-state index >= 15 is 0 Å². The molecule has 5 rings (SSSR count). The number of allylic oxidation sites excluding steroid dienone is 2. The normalized spacial score (nSPS) is 55.4. The number of aldehydes is 1. The van der Waals surface area contributed by atoms with Crippen molar-refractivity contribution in [2.24, 2.45) is 56.0 Å². The van der Waals surface area contributed by atoms with Crippen molar-refractivity contribution in [1.82, 2.24) is 0 Å². The average molecular weight is 454 g/mol. The van der Waals surface area contributed by atoms with Crippen molar-refractivity contribution in [3.8, 4) is 0 Å². The van der Waals surface area contributed by atoms with Gasteiger partial charge in [-0.1, -0.05) is 54.0 Å². The van der Waals surface area contributed by atoms with Crippen LogP contribution in [0.4, 0.5) is 0 Å². The van der Waals surface area contributed by atoms with E-state index in [-0.39, 0.29) is 44.4 Å². The van der Waals surface area contributed by atoms with Gasteiger partial charge >= 0.3 is 0 Å². The van der Waals surface area contributed by atoms with Gasteiger partial charge in [0, 0.05) is 17.4 Å². The van der Waals surface area contributed by atoms with Crippen molar-refractivity contribution >= 4 is 12.1 Å². The summed E-state index contributed by atoms with van der Waals surface area (Å²) in [6.07, 6.45) is 13.1. The zero-order valence-corrected chi connectivity index (χ0v) is 22.2. The molecule has 4 unspecified atom stereocenters. The van der Waals surface area contributed by atoms with Crippen LogP contribution >= 0.6 is 0 Å². The molecule has 5 aliphatic rings. The fraction of sp³-hybridized carbons (Fsp3) is 0.867. The van der Waals surface area contributed by atoms with Gasteiger partial charge < -0.3 is 10.5 Å². The Hall–Kier alpha value is -0.960. The highest BCUT2D eigenvalue weighted by Crippen LogP contribution is 2.74. The van der Waals surface area contributed by atoms with Crippen LogP contribution < -0.4 is 5.73 Å². The van der Waals surface area contributed by atoms with Gasteiger partial charge in [0.05, 0.1) is 0 Å². The number of hydrogen-bond donors (Lipinski definition) is 1. The Labute approximate surface area is 201 Å². The van der Waals surface area contributed by atoms with Crippen molar-refractivity contribution in [3.05, 3.63) is 11.6 Å². The summed E-state index contributed by atoms with van der Waals surface area (Å²) in [6, 6.07) is 0.221. The number of carbonyl (C=O) groups excluding carboxylic acids is 2. The Morgan fingerprint density at radius 3 is 2.24 bits per heavy atom. The lowest BCUT2D eigenvalue weighted by molar-refractivity contribution is -0.187. The van der Waals surface area contributed by atoms with Crippen molar-refractivity contribution in [1.29, 1.82) is 0 Å². The quantitative estimate of drug-likeness (QED) is 0.461. The Balaban J connectivity index is 1.63. The molecule has 4 fully saturated rings. The number of rotatable bonds is 1. The van der Waals surface area contributed by atoms with E-state index < -0.39 is 0 Å². The highest BCUT2D eigenvalue weighted by molar-refractivity contribution is 5.95. The summed E-state index contributed by atoms with van der Waals surface area (Å²) < 4.78 is 0. The molecule has 0 aromatic rings. The fourth-order valence-corrected chi connectivity index (χ4v) is 10.3. The molecule has 9 atom stereocenters. The minimum atomic E-state index is -0.253. The molecule has 184 valence electrons. The van der Waals surface area contributed by atoms with E-state index in [0.717, 1.165) is 38.5 Å². The van der Waals surface area contributed by atoms with Crippen LogP contribution in [0.15, 0.2) is 11.6 Å². The summed E-state index contributed by atoms with van der Waals surface area (Å²) in [7, 11) is 0. The standard InChI is InChI=1S/C30H47NO2/c1-25(2)22-8-11-30(7)24(28(22,5)10-9-23(25)31)21(33)16-19-20-17-26(3,18-32)12-13-27(20,4)14-15-29(19,30)6/h16,18,20,22-24H,8-15,17,31H2,1-7H3/t20?,22?,23?,24?,26-,27+,28-,29+,30+/m0/s1. The topological polar surface area (TPSA) is 60.2 Å². The predicted octanol–water partition coefficient (Wildman–Crippen LogP) is 6.49. The molecule has 0 aliphatic heterocycles. The van der Waals surface area contributed by atoms with E-state index in [1.165, 1.54) is 31.1 Å². The first-order valence-electron chi connectivity index (χ1n) is 13.6. The second-order valence-electron chi connectivity index (χ2n) is 14.9. The molecule has 0 saturated heterocycles. The molecule has 0 amide bonds. The summed E-state index contributed by atoms with van der Waals surface area (Å²) in [4.78, 5) is 26.3. The highest BCUT2D eigenvalue weighted by Gasteiger charge is 2.69. The van der Waals surface area contributed by atoms with Crippen molar-refractivity contribution < 1.29 is 9.59 Å². The second-order valence-corrected chi connectivity index (χ2v) is 14.9. The zero-order chi connectivity index (χ0) is 24.2. The van der Waals surface area contributed by atoms with E-state index in [2.05, 4.69) is 54.5 Å². The van der Waals surface area contributed by atoms with E-state index in [0.29, 0.717) is 17.6 Å². The van der Waals surface area contributed by atoms with Crippen LogP contribution in [0, 0.1) is 50.2 Å². The number of hydrogen-bond acceptors (Lipinski definition) is 3. The molecule has 4 saturated carbocycles. The Bertz CT molecular complexity index is 920. The van der Waals surface area contributed by atoms with Gasteiger partial charge in [-0.05, 0) is 103 Å². The third-order valence-corrected chi connectivity index (χ3v) is 13.0. The molecule has 33 heavy (non-hydrogen) atoms. The van der Waals surface area contributed by atoms with Gasteiger partial charge in [0.2, 0.25) is 0 Å². The fourth-order valence-electron chi connectivity index (χ4n) is 10.3. The lowest BCUT2D eigenvalue weighted by atomic mass is 9.33. The Morgan fingerprint density at radius 2 is 1.58 bits per heavy atom. The summed E-state index contributed by atoms with van der Waals surface area (Å²) in [5.74, 6) is 1.31. The number of fused-ring (bicyclic) bond motifs is 7. The molecule has 3 nitrogen and oxygen atoms in total. The molecule has 0 aromatic carbocycles. The molecule has 0 spiro atoms. The van der Waals surface area contributed by atoms with Gasteiger partial charge in [0.25, 0.3) is 0 Å². The maximum Gasteiger partial charge on any atom is 0.159 e. The van der Waals surface area contributed by atoms with Crippen LogP contribution in [0.1, 0.15) is 106 Å². The second kappa shape index (κ2) is 6.83. The summed E-state index contributed by atoms with van der Waals surface area (Å²) >= 11 is 0. The van der Waals surface area contributed by atoms with Gasteiger partial charge in [-0.3, -0.25) is 4.79 Å². The Kier molecular flexibility index (Phi) is 4.92. The number of ketones is 1. The third-order valence-electron chi connectivity index (χ3n) is 13.0. The summed E-state index contributed by atoms with van der Waals surface area (Å²) in [6.45, 7) is 16.7. The van der Waals surface area contributed by atoms with E-state index in [4.69, 9.17) is 5.73 Å². The lowest BCUT2D eigenvalue weighted by Crippen LogP contribution is -2.67. The van der Waals surface area contributed by atoms with Crippen LogP contribution in [0.2, 0.25) is 0 Å². The van der Waals surface area contributed by atoms with E-state index in [1.807, 2.05) is 0 Å². The smallest absolute Gasteiger partial charge is 0.159 e. The highest BCUT2D eigenvalue weighted by atomic mass is 16.1. The van der Waals surface area contributed by atoms with Crippen LogP contribution in [0.5, 0.6) is 0 Å². The first-order valence-corrected chi connectivity index (χ1v) is 13.6. The van der Waals surface area contributed by atoms with Gasteiger partial charge in [-0.15, -0.1) is 0 Å². The molecule has 2 N–H and O–H groups in total. The first kappa shape index (κ1) is 23.8. The lowest BCUT2D eigenvalue weighted by Gasteiger charge is -2.70.